The van der Waals surface area contributed by atoms with Gasteiger partial charge in [-0.25, -0.2) is 0 Å². The molecule has 28 heavy (non-hydrogen) atoms. The third kappa shape index (κ3) is 5.06. The fourth-order valence-corrected chi connectivity index (χ4v) is 3.03. The van der Waals surface area contributed by atoms with Gasteiger partial charge in [-0.05, 0) is 37.1 Å². The van der Waals surface area contributed by atoms with Gasteiger partial charge in [0.25, 0.3) is 17.5 Å². The molecule has 0 radical (unpaired) electrons. The van der Waals surface area contributed by atoms with Gasteiger partial charge in [0.15, 0.2) is 6.61 Å². The highest BCUT2D eigenvalue weighted by Crippen LogP contribution is 2.18. The van der Waals surface area contributed by atoms with Crippen LogP contribution in [0.25, 0.3) is 0 Å². The molecule has 0 saturated carbocycles. The minimum Gasteiger partial charge on any atom is -0.484 e. The van der Waals surface area contributed by atoms with Crippen LogP contribution in [0.15, 0.2) is 54.6 Å². The second kappa shape index (κ2) is 8.98. The zero-order chi connectivity index (χ0) is 19.9. The fourth-order valence-electron chi connectivity index (χ4n) is 3.03. The van der Waals surface area contributed by atoms with E-state index in [9.17, 15) is 19.7 Å². The Morgan fingerprint density at radius 3 is 2.32 bits per heavy atom. The summed E-state index contributed by atoms with van der Waals surface area (Å²) in [5.41, 5.74) is 0.593. The predicted octanol–water partition coefficient (Wildman–Crippen LogP) is 2.39. The minimum atomic E-state index is -0.490. The highest BCUT2D eigenvalue weighted by Gasteiger charge is 2.24. The van der Waals surface area contributed by atoms with Crippen LogP contribution in [0.5, 0.6) is 5.75 Å². The Labute approximate surface area is 162 Å². The first-order chi connectivity index (χ1) is 13.5. The topological polar surface area (TPSA) is 102 Å². The summed E-state index contributed by atoms with van der Waals surface area (Å²) < 4.78 is 5.42. The smallest absolute Gasteiger partial charge is 0.269 e. The molecule has 1 saturated heterocycles. The Balaban J connectivity index is 1.42. The molecule has 0 unspecified atom stereocenters. The molecule has 1 N–H and O–H groups in total. The normalized spacial score (nSPS) is 14.4. The van der Waals surface area contributed by atoms with Gasteiger partial charge in [-0.1, -0.05) is 18.2 Å². The van der Waals surface area contributed by atoms with E-state index in [0.717, 1.165) is 0 Å². The van der Waals surface area contributed by atoms with Crippen molar-refractivity contribution in [2.24, 2.45) is 0 Å². The zero-order valence-electron chi connectivity index (χ0n) is 15.2. The number of hydrogen-bond donors (Lipinski definition) is 1. The Bertz CT molecular complexity index is 831. The number of amides is 2. The maximum Gasteiger partial charge on any atom is 0.269 e. The molecular weight excluding hydrogens is 362 g/mol. The Hall–Kier alpha value is -3.42. The Morgan fingerprint density at radius 1 is 1.07 bits per heavy atom. The van der Waals surface area contributed by atoms with E-state index in [4.69, 9.17) is 4.74 Å². The molecule has 8 heteroatoms. The van der Waals surface area contributed by atoms with Crippen molar-refractivity contribution in [2.75, 3.05) is 19.7 Å². The third-order valence-electron chi connectivity index (χ3n) is 4.63. The number of nitro benzene ring substituents is 1. The molecule has 2 aromatic rings. The molecule has 1 aliphatic heterocycles. The molecule has 0 aliphatic carbocycles. The molecule has 0 bridgehead atoms. The van der Waals surface area contributed by atoms with E-state index >= 15 is 0 Å². The van der Waals surface area contributed by atoms with E-state index < -0.39 is 4.92 Å². The number of piperidine rings is 1. The first-order valence-corrected chi connectivity index (χ1v) is 9.04. The van der Waals surface area contributed by atoms with Gasteiger partial charge < -0.3 is 15.0 Å². The van der Waals surface area contributed by atoms with Gasteiger partial charge in [0.1, 0.15) is 5.75 Å². The van der Waals surface area contributed by atoms with E-state index in [0.29, 0.717) is 37.2 Å². The molecular formula is C20H21N3O5. The number of ether oxygens (including phenoxy) is 1. The van der Waals surface area contributed by atoms with Gasteiger partial charge in [-0.15, -0.1) is 0 Å². The van der Waals surface area contributed by atoms with Gasteiger partial charge in [0, 0.05) is 36.8 Å². The maximum absolute atomic E-state index is 12.3. The number of carbonyl (C=O) groups is 2. The van der Waals surface area contributed by atoms with Crippen molar-refractivity contribution in [3.05, 3.63) is 70.3 Å². The molecule has 8 nitrogen and oxygen atoms in total. The van der Waals surface area contributed by atoms with Crippen LogP contribution in [0.1, 0.15) is 23.2 Å². The molecule has 1 aliphatic rings. The van der Waals surface area contributed by atoms with E-state index in [1.807, 2.05) is 18.2 Å². The van der Waals surface area contributed by atoms with Crippen molar-refractivity contribution in [3.8, 4) is 5.75 Å². The summed E-state index contributed by atoms with van der Waals surface area (Å²) in [6, 6.07) is 14.7. The third-order valence-corrected chi connectivity index (χ3v) is 4.63. The average molecular weight is 383 g/mol. The van der Waals surface area contributed by atoms with Crippen molar-refractivity contribution >= 4 is 17.5 Å². The largest absolute Gasteiger partial charge is 0.484 e. The molecule has 146 valence electrons. The van der Waals surface area contributed by atoms with Gasteiger partial charge in [-0.2, -0.15) is 0 Å². The van der Waals surface area contributed by atoms with Crippen LogP contribution in [0.3, 0.4) is 0 Å². The van der Waals surface area contributed by atoms with Crippen molar-refractivity contribution in [2.45, 2.75) is 18.9 Å². The monoisotopic (exact) mass is 383 g/mol. The highest BCUT2D eigenvalue weighted by molar-refractivity contribution is 5.94. The van der Waals surface area contributed by atoms with Crippen LogP contribution >= 0.6 is 0 Å². The highest BCUT2D eigenvalue weighted by atomic mass is 16.6. The molecule has 3 rings (SSSR count). The van der Waals surface area contributed by atoms with Crippen LogP contribution in [0.2, 0.25) is 0 Å². The summed E-state index contributed by atoms with van der Waals surface area (Å²) in [6.07, 6.45) is 1.36. The number of likely N-dealkylation sites (tertiary alicyclic amines) is 1. The number of nitrogens with one attached hydrogen (secondary N) is 1. The van der Waals surface area contributed by atoms with Crippen LogP contribution in [-0.2, 0) is 4.79 Å². The van der Waals surface area contributed by atoms with Gasteiger partial charge >= 0.3 is 0 Å². The average Bonchev–Trinajstić information content (AvgIpc) is 2.73. The number of nitro groups is 1. The van der Waals surface area contributed by atoms with Crippen LogP contribution in [-0.4, -0.2) is 47.4 Å². The van der Waals surface area contributed by atoms with E-state index in [1.54, 1.807) is 17.0 Å². The number of rotatable bonds is 6. The fraction of sp³-hybridized carbons (Fsp3) is 0.300. The van der Waals surface area contributed by atoms with Crippen LogP contribution in [0.4, 0.5) is 5.69 Å². The van der Waals surface area contributed by atoms with Crippen molar-refractivity contribution in [1.82, 2.24) is 10.2 Å². The standard InChI is InChI=1S/C20H21N3O5/c24-19(14-28-18-8-6-17(7-9-18)23(26)27)22-12-10-16(11-13-22)21-20(25)15-4-2-1-3-5-15/h1-9,16H,10-14H2,(H,21,25). The second-order valence-electron chi connectivity index (χ2n) is 6.53. The molecule has 0 atom stereocenters. The summed E-state index contributed by atoms with van der Waals surface area (Å²) >= 11 is 0. The van der Waals surface area contributed by atoms with E-state index in [-0.39, 0.29) is 30.2 Å². The molecule has 0 spiro atoms. The summed E-state index contributed by atoms with van der Waals surface area (Å²) in [7, 11) is 0. The lowest BCUT2D eigenvalue weighted by molar-refractivity contribution is -0.384. The lowest BCUT2D eigenvalue weighted by Crippen LogP contribution is -2.47. The predicted molar refractivity (Wildman–Crippen MR) is 102 cm³/mol. The molecule has 0 aromatic heterocycles. The zero-order valence-corrected chi connectivity index (χ0v) is 15.2. The Kier molecular flexibility index (Phi) is 6.21. The molecule has 1 heterocycles. The van der Waals surface area contributed by atoms with Gasteiger partial charge in [-0.3, -0.25) is 19.7 Å². The van der Waals surface area contributed by atoms with E-state index in [1.165, 1.54) is 24.3 Å². The van der Waals surface area contributed by atoms with Gasteiger partial charge in [0.05, 0.1) is 4.92 Å². The van der Waals surface area contributed by atoms with Crippen LogP contribution < -0.4 is 10.1 Å². The number of non-ortho nitro benzene ring substituents is 1. The molecule has 2 amide bonds. The quantitative estimate of drug-likeness (QED) is 0.610. The summed E-state index contributed by atoms with van der Waals surface area (Å²) in [4.78, 5) is 36.4. The maximum atomic E-state index is 12.3. The first kappa shape index (κ1) is 19.3. The van der Waals surface area contributed by atoms with Gasteiger partial charge in [0.2, 0.25) is 0 Å². The summed E-state index contributed by atoms with van der Waals surface area (Å²) in [6.45, 7) is 0.962. The lowest BCUT2D eigenvalue weighted by atomic mass is 10.0. The SMILES string of the molecule is O=C(NC1CCN(C(=O)COc2ccc([N+](=O)[O-])cc2)CC1)c1ccccc1. The summed E-state index contributed by atoms with van der Waals surface area (Å²) in [5.74, 6) is 0.155. The molecule has 2 aromatic carbocycles. The minimum absolute atomic E-state index is 0.0294. The van der Waals surface area contributed by atoms with Crippen LogP contribution in [0, 0.1) is 10.1 Å². The van der Waals surface area contributed by atoms with E-state index in [2.05, 4.69) is 5.32 Å². The van der Waals surface area contributed by atoms with Crippen molar-refractivity contribution in [1.29, 1.82) is 0 Å². The number of carbonyl (C=O) groups excluding carboxylic acids is 2. The number of benzene rings is 2. The summed E-state index contributed by atoms with van der Waals surface area (Å²) in [5, 5.41) is 13.6. The molecule has 1 fully saturated rings. The number of hydrogen-bond acceptors (Lipinski definition) is 5. The lowest BCUT2D eigenvalue weighted by Gasteiger charge is -2.32. The van der Waals surface area contributed by atoms with Crippen molar-refractivity contribution in [3.63, 3.8) is 0 Å². The number of nitrogens with zero attached hydrogens (tertiary/aromatic N) is 2. The first-order valence-electron chi connectivity index (χ1n) is 9.04. The van der Waals surface area contributed by atoms with Crippen molar-refractivity contribution < 1.29 is 19.2 Å². The Morgan fingerprint density at radius 2 is 1.71 bits per heavy atom. The second-order valence-corrected chi connectivity index (χ2v) is 6.53.